The van der Waals surface area contributed by atoms with Gasteiger partial charge in [-0.2, -0.15) is 13.2 Å². The molecule has 3 N–H and O–H groups in total. The number of alkyl halides is 3. The minimum Gasteiger partial charge on any atom is -0.352 e. The molecule has 0 bridgehead atoms. The average molecular weight is 400 g/mol. The molecule has 1 heterocycles. The number of amides is 2. The zero-order valence-corrected chi connectivity index (χ0v) is 15.7. The van der Waals surface area contributed by atoms with Crippen molar-refractivity contribution in [3.63, 3.8) is 0 Å². The number of benzene rings is 1. The van der Waals surface area contributed by atoms with Gasteiger partial charge in [0.05, 0.1) is 0 Å². The maximum atomic E-state index is 12.3. The third-order valence-corrected chi connectivity index (χ3v) is 4.55. The molecule has 1 aliphatic rings. The second kappa shape index (κ2) is 11.0. The lowest BCUT2D eigenvalue weighted by molar-refractivity contribution is -0.142. The molecule has 1 aromatic rings. The first-order valence-electron chi connectivity index (χ1n) is 9.45. The SMILES string of the molecule is O=C(CCCCN1CCNCC1C(=O)NCC(F)(F)F)NCc1ccccc1. The van der Waals surface area contributed by atoms with Crippen molar-refractivity contribution in [2.75, 3.05) is 32.7 Å². The standard InChI is InChI=1S/C19H27F3N4O2/c20-19(21,22)14-25-18(28)16-13-23-9-11-26(16)10-5-4-8-17(27)24-12-15-6-2-1-3-7-15/h1-3,6-7,16,23H,4-5,8-14H2,(H,24,27)(H,25,28). The van der Waals surface area contributed by atoms with E-state index in [4.69, 9.17) is 0 Å². The van der Waals surface area contributed by atoms with E-state index in [1.807, 2.05) is 40.5 Å². The zero-order valence-electron chi connectivity index (χ0n) is 15.7. The predicted octanol–water partition coefficient (Wildman–Crippen LogP) is 1.43. The van der Waals surface area contributed by atoms with Crippen LogP contribution in [-0.2, 0) is 16.1 Å². The molecule has 1 saturated heterocycles. The minimum absolute atomic E-state index is 0.0383. The average Bonchev–Trinajstić information content (AvgIpc) is 2.68. The molecule has 0 aliphatic carbocycles. The molecule has 1 aliphatic heterocycles. The zero-order chi connectivity index (χ0) is 20.4. The van der Waals surface area contributed by atoms with Gasteiger partial charge in [-0.25, -0.2) is 0 Å². The molecule has 1 unspecified atom stereocenters. The Morgan fingerprint density at radius 3 is 2.61 bits per heavy atom. The minimum atomic E-state index is -4.42. The van der Waals surface area contributed by atoms with Crippen molar-refractivity contribution in [1.29, 1.82) is 0 Å². The van der Waals surface area contributed by atoms with E-state index in [9.17, 15) is 22.8 Å². The Morgan fingerprint density at radius 1 is 1.14 bits per heavy atom. The molecule has 28 heavy (non-hydrogen) atoms. The Labute approximate surface area is 162 Å². The summed E-state index contributed by atoms with van der Waals surface area (Å²) in [5.74, 6) is -0.659. The molecule has 0 saturated carbocycles. The molecule has 156 valence electrons. The molecular weight excluding hydrogens is 373 g/mol. The van der Waals surface area contributed by atoms with Crippen LogP contribution in [-0.4, -0.2) is 61.7 Å². The molecule has 1 fully saturated rings. The molecule has 9 heteroatoms. The summed E-state index contributed by atoms with van der Waals surface area (Å²) in [6.45, 7) is 1.32. The van der Waals surface area contributed by atoms with E-state index in [1.54, 1.807) is 0 Å². The summed E-state index contributed by atoms with van der Waals surface area (Å²) in [4.78, 5) is 25.9. The highest BCUT2D eigenvalue weighted by Gasteiger charge is 2.32. The molecule has 1 atom stereocenters. The summed E-state index contributed by atoms with van der Waals surface area (Å²) in [5.41, 5.74) is 1.03. The smallest absolute Gasteiger partial charge is 0.352 e. The van der Waals surface area contributed by atoms with Gasteiger partial charge in [0.2, 0.25) is 11.8 Å². The number of halogens is 3. The number of hydrogen-bond donors (Lipinski definition) is 3. The molecule has 6 nitrogen and oxygen atoms in total. The summed E-state index contributed by atoms with van der Waals surface area (Å²) >= 11 is 0. The van der Waals surface area contributed by atoms with Crippen LogP contribution in [0.25, 0.3) is 0 Å². The van der Waals surface area contributed by atoms with Crippen molar-refractivity contribution in [3.8, 4) is 0 Å². The van der Waals surface area contributed by atoms with Crippen LogP contribution in [0.3, 0.4) is 0 Å². The fourth-order valence-corrected chi connectivity index (χ4v) is 3.06. The number of piperazine rings is 1. The molecule has 1 aromatic carbocycles. The lowest BCUT2D eigenvalue weighted by Crippen LogP contribution is -2.58. The first kappa shape index (κ1) is 22.2. The van der Waals surface area contributed by atoms with E-state index in [2.05, 4.69) is 10.6 Å². The van der Waals surface area contributed by atoms with E-state index >= 15 is 0 Å². The van der Waals surface area contributed by atoms with Crippen LogP contribution in [0.1, 0.15) is 24.8 Å². The Kier molecular flexibility index (Phi) is 8.72. The quantitative estimate of drug-likeness (QED) is 0.549. The first-order valence-corrected chi connectivity index (χ1v) is 9.45. The van der Waals surface area contributed by atoms with Crippen molar-refractivity contribution in [2.45, 2.75) is 38.0 Å². The van der Waals surface area contributed by atoms with Gasteiger partial charge in [0, 0.05) is 32.6 Å². The molecule has 0 spiro atoms. The van der Waals surface area contributed by atoms with Gasteiger partial charge in [-0.3, -0.25) is 14.5 Å². The van der Waals surface area contributed by atoms with Crippen LogP contribution >= 0.6 is 0 Å². The fourth-order valence-electron chi connectivity index (χ4n) is 3.06. The van der Waals surface area contributed by atoms with Crippen molar-refractivity contribution < 1.29 is 22.8 Å². The van der Waals surface area contributed by atoms with E-state index in [1.165, 1.54) is 0 Å². The maximum Gasteiger partial charge on any atom is 0.405 e. The van der Waals surface area contributed by atoms with Crippen LogP contribution < -0.4 is 16.0 Å². The normalized spacial score (nSPS) is 17.9. The summed E-state index contributed by atoms with van der Waals surface area (Å²) in [6.07, 6.45) is -2.69. The van der Waals surface area contributed by atoms with Crippen LogP contribution in [0.15, 0.2) is 30.3 Å². The molecule has 2 amide bonds. The van der Waals surface area contributed by atoms with Crippen molar-refractivity contribution in [1.82, 2.24) is 20.9 Å². The number of carbonyl (C=O) groups excluding carboxylic acids is 2. The Hall–Kier alpha value is -2.13. The van der Waals surface area contributed by atoms with Gasteiger partial charge in [-0.15, -0.1) is 0 Å². The molecule has 0 aromatic heterocycles. The van der Waals surface area contributed by atoms with E-state index in [0.29, 0.717) is 52.0 Å². The van der Waals surface area contributed by atoms with Gasteiger partial charge in [0.25, 0.3) is 0 Å². The Balaban J connectivity index is 1.66. The number of nitrogens with one attached hydrogen (secondary N) is 3. The maximum absolute atomic E-state index is 12.3. The van der Waals surface area contributed by atoms with Crippen molar-refractivity contribution >= 4 is 11.8 Å². The van der Waals surface area contributed by atoms with Gasteiger partial charge in [-0.05, 0) is 24.9 Å². The van der Waals surface area contributed by atoms with Crippen molar-refractivity contribution in [2.24, 2.45) is 0 Å². The fraction of sp³-hybridized carbons (Fsp3) is 0.579. The van der Waals surface area contributed by atoms with Gasteiger partial charge in [0.15, 0.2) is 0 Å². The van der Waals surface area contributed by atoms with Crippen molar-refractivity contribution in [3.05, 3.63) is 35.9 Å². The monoisotopic (exact) mass is 400 g/mol. The van der Waals surface area contributed by atoms with E-state index in [0.717, 1.165) is 5.56 Å². The van der Waals surface area contributed by atoms with E-state index < -0.39 is 24.7 Å². The second-order valence-corrected chi connectivity index (χ2v) is 6.81. The number of nitrogens with zero attached hydrogens (tertiary/aromatic N) is 1. The van der Waals surface area contributed by atoms with Crippen LogP contribution in [0, 0.1) is 0 Å². The summed E-state index contributed by atoms with van der Waals surface area (Å²) < 4.78 is 36.9. The predicted molar refractivity (Wildman–Crippen MR) is 99.4 cm³/mol. The topological polar surface area (TPSA) is 73.5 Å². The van der Waals surface area contributed by atoms with Crippen LogP contribution in [0.2, 0.25) is 0 Å². The van der Waals surface area contributed by atoms with Gasteiger partial charge >= 0.3 is 6.18 Å². The third-order valence-electron chi connectivity index (χ3n) is 4.55. The van der Waals surface area contributed by atoms with Gasteiger partial charge in [0.1, 0.15) is 12.6 Å². The lowest BCUT2D eigenvalue weighted by atomic mass is 10.1. The summed E-state index contributed by atoms with van der Waals surface area (Å²) in [5, 5.41) is 7.85. The van der Waals surface area contributed by atoms with Crippen LogP contribution in [0.5, 0.6) is 0 Å². The number of rotatable bonds is 9. The Bertz CT molecular complexity index is 625. The summed E-state index contributed by atoms with van der Waals surface area (Å²) in [6, 6.07) is 9.00. The van der Waals surface area contributed by atoms with Gasteiger partial charge < -0.3 is 16.0 Å². The lowest BCUT2D eigenvalue weighted by Gasteiger charge is -2.35. The highest BCUT2D eigenvalue weighted by Crippen LogP contribution is 2.13. The highest BCUT2D eigenvalue weighted by molar-refractivity contribution is 5.82. The second-order valence-electron chi connectivity index (χ2n) is 6.81. The highest BCUT2D eigenvalue weighted by atomic mass is 19.4. The molecule has 2 rings (SSSR count). The van der Waals surface area contributed by atoms with Crippen LogP contribution in [0.4, 0.5) is 13.2 Å². The molecule has 0 radical (unpaired) electrons. The molecular formula is C19H27F3N4O2. The third kappa shape index (κ3) is 8.26. The van der Waals surface area contributed by atoms with E-state index in [-0.39, 0.29) is 5.91 Å². The summed E-state index contributed by atoms with van der Waals surface area (Å²) in [7, 11) is 0. The van der Waals surface area contributed by atoms with Gasteiger partial charge in [-0.1, -0.05) is 30.3 Å². The number of hydrogen-bond acceptors (Lipinski definition) is 4. The number of carbonyl (C=O) groups is 2. The largest absolute Gasteiger partial charge is 0.405 e. The Morgan fingerprint density at radius 2 is 1.89 bits per heavy atom. The first-order chi connectivity index (χ1) is 13.3. The number of unbranched alkanes of at least 4 members (excludes halogenated alkanes) is 1.